The number of halogens is 1. The van der Waals surface area contributed by atoms with Crippen LogP contribution in [-0.4, -0.2) is 26.0 Å². The Morgan fingerprint density at radius 2 is 1.81 bits per heavy atom. The molecule has 2 atom stereocenters. The summed E-state index contributed by atoms with van der Waals surface area (Å²) in [5, 5.41) is 12.1. The molecular weight excluding hydrogens is 382 g/mol. The number of anilines is 1. The summed E-state index contributed by atoms with van der Waals surface area (Å²) in [5.74, 6) is 0.651. The van der Waals surface area contributed by atoms with E-state index < -0.39 is 5.25 Å². The highest BCUT2D eigenvalue weighted by atomic mass is 35.5. The van der Waals surface area contributed by atoms with Crippen molar-refractivity contribution in [2.24, 2.45) is 0 Å². The summed E-state index contributed by atoms with van der Waals surface area (Å²) < 4.78 is 1.83. The van der Waals surface area contributed by atoms with Gasteiger partial charge in [0, 0.05) is 10.7 Å². The first kappa shape index (κ1) is 17.9. The van der Waals surface area contributed by atoms with Gasteiger partial charge in [0.05, 0.1) is 6.04 Å². The lowest BCUT2D eigenvalue weighted by Crippen LogP contribution is -2.41. The van der Waals surface area contributed by atoms with Gasteiger partial charge in [-0.25, -0.2) is 4.68 Å². The van der Waals surface area contributed by atoms with Crippen LogP contribution >= 0.6 is 23.4 Å². The Hall–Kier alpha value is -2.51. The second-order valence-electron chi connectivity index (χ2n) is 6.42. The minimum absolute atomic E-state index is 0.104. The number of carbonyl (C=O) groups excluding carboxylic acids is 1. The molecule has 2 heterocycles. The highest BCUT2D eigenvalue weighted by molar-refractivity contribution is 8.00. The van der Waals surface area contributed by atoms with Crippen LogP contribution < -0.4 is 10.7 Å². The molecule has 0 fully saturated rings. The van der Waals surface area contributed by atoms with Crippen LogP contribution in [0.4, 0.5) is 5.69 Å². The molecule has 0 unspecified atom stereocenters. The summed E-state index contributed by atoms with van der Waals surface area (Å²) in [4.78, 5) is 13.1. The van der Waals surface area contributed by atoms with Gasteiger partial charge in [-0.2, -0.15) is 0 Å². The van der Waals surface area contributed by atoms with Crippen molar-refractivity contribution in [2.75, 3.05) is 10.7 Å². The number of amides is 1. The number of benzene rings is 2. The lowest BCUT2D eigenvalue weighted by molar-refractivity contribution is -0.116. The summed E-state index contributed by atoms with van der Waals surface area (Å²) in [5.41, 5.74) is 6.30. The first-order valence-electron chi connectivity index (χ1n) is 8.49. The van der Waals surface area contributed by atoms with Gasteiger partial charge in [-0.05, 0) is 43.7 Å². The van der Waals surface area contributed by atoms with Crippen LogP contribution in [0, 0.1) is 13.8 Å². The van der Waals surface area contributed by atoms with E-state index in [4.69, 9.17) is 11.6 Å². The fraction of sp³-hybridized carbons (Fsp3) is 0.211. The van der Waals surface area contributed by atoms with Crippen LogP contribution in [0.5, 0.6) is 0 Å². The van der Waals surface area contributed by atoms with E-state index in [0.29, 0.717) is 15.9 Å². The van der Waals surface area contributed by atoms with Crippen LogP contribution in [0.1, 0.15) is 23.0 Å². The molecule has 138 valence electrons. The summed E-state index contributed by atoms with van der Waals surface area (Å²) in [6.07, 6.45) is 0. The maximum Gasteiger partial charge on any atom is 0.240 e. The molecule has 1 aliphatic heterocycles. The number of carbonyl (C=O) groups is 1. The maximum absolute atomic E-state index is 13.1. The van der Waals surface area contributed by atoms with Crippen LogP contribution in [0.15, 0.2) is 53.7 Å². The molecule has 0 aliphatic carbocycles. The molecule has 1 amide bonds. The van der Waals surface area contributed by atoms with Crippen molar-refractivity contribution in [1.82, 2.24) is 14.9 Å². The summed E-state index contributed by atoms with van der Waals surface area (Å²) in [7, 11) is 0. The van der Waals surface area contributed by atoms with Crippen molar-refractivity contribution < 1.29 is 4.79 Å². The van der Waals surface area contributed by atoms with Gasteiger partial charge in [0.2, 0.25) is 11.1 Å². The molecule has 0 saturated carbocycles. The van der Waals surface area contributed by atoms with E-state index >= 15 is 0 Å². The topological polar surface area (TPSA) is 71.8 Å². The zero-order valence-corrected chi connectivity index (χ0v) is 16.4. The molecule has 0 saturated heterocycles. The number of aryl methyl sites for hydroxylation is 2. The van der Waals surface area contributed by atoms with Crippen molar-refractivity contribution >= 4 is 35.0 Å². The van der Waals surface area contributed by atoms with Gasteiger partial charge >= 0.3 is 0 Å². The number of fused-ring (bicyclic) bond motifs is 1. The summed E-state index contributed by atoms with van der Waals surface area (Å²) in [6, 6.07) is 15.0. The van der Waals surface area contributed by atoms with Crippen LogP contribution in [0.2, 0.25) is 5.02 Å². The van der Waals surface area contributed by atoms with Crippen molar-refractivity contribution in [1.29, 1.82) is 0 Å². The van der Waals surface area contributed by atoms with Crippen molar-refractivity contribution in [2.45, 2.75) is 30.3 Å². The Labute approximate surface area is 166 Å². The van der Waals surface area contributed by atoms with Gasteiger partial charge in [0.25, 0.3) is 0 Å². The molecule has 0 radical (unpaired) electrons. The first-order chi connectivity index (χ1) is 13.0. The SMILES string of the molecule is Cc1ccc([C@@H]2Nn3c(C)nnc3S[C@H]2C(=O)Nc2ccc(Cl)cc2)cc1. The molecule has 4 rings (SSSR count). The third-order valence-electron chi connectivity index (χ3n) is 4.41. The Bertz CT molecular complexity index is 971. The normalized spacial score (nSPS) is 18.5. The second-order valence-corrected chi connectivity index (χ2v) is 7.96. The second kappa shape index (κ2) is 7.25. The Morgan fingerprint density at radius 3 is 2.52 bits per heavy atom. The fourth-order valence-corrected chi connectivity index (χ4v) is 4.18. The Morgan fingerprint density at radius 1 is 1.11 bits per heavy atom. The number of aromatic nitrogens is 3. The van der Waals surface area contributed by atoms with Crippen molar-refractivity contribution in [3.8, 4) is 0 Å². The molecule has 1 aromatic heterocycles. The number of thioether (sulfide) groups is 1. The zero-order valence-electron chi connectivity index (χ0n) is 14.8. The van der Waals surface area contributed by atoms with Crippen LogP contribution in [0.3, 0.4) is 0 Å². The van der Waals surface area contributed by atoms with Crippen LogP contribution in [-0.2, 0) is 4.79 Å². The molecule has 8 heteroatoms. The average molecular weight is 400 g/mol. The number of rotatable bonds is 3. The highest BCUT2D eigenvalue weighted by Crippen LogP contribution is 2.37. The minimum Gasteiger partial charge on any atom is -0.325 e. The van der Waals surface area contributed by atoms with E-state index in [0.717, 1.165) is 11.4 Å². The van der Waals surface area contributed by atoms with E-state index in [1.54, 1.807) is 24.3 Å². The smallest absolute Gasteiger partial charge is 0.240 e. The van der Waals surface area contributed by atoms with E-state index in [2.05, 4.69) is 20.9 Å². The number of nitrogens with zero attached hydrogens (tertiary/aromatic N) is 3. The quantitative estimate of drug-likeness (QED) is 0.697. The third-order valence-corrected chi connectivity index (χ3v) is 5.87. The maximum atomic E-state index is 13.1. The Kier molecular flexibility index (Phi) is 4.80. The van der Waals surface area contributed by atoms with E-state index in [1.165, 1.54) is 17.3 Å². The molecule has 2 aromatic carbocycles. The molecule has 6 nitrogen and oxygen atoms in total. The largest absolute Gasteiger partial charge is 0.325 e. The predicted octanol–water partition coefficient (Wildman–Crippen LogP) is 3.95. The monoisotopic (exact) mass is 399 g/mol. The zero-order chi connectivity index (χ0) is 19.0. The van der Waals surface area contributed by atoms with Gasteiger partial charge in [0.1, 0.15) is 11.1 Å². The van der Waals surface area contributed by atoms with E-state index in [9.17, 15) is 4.79 Å². The number of hydrogen-bond acceptors (Lipinski definition) is 5. The molecule has 0 bridgehead atoms. The van der Waals surface area contributed by atoms with Crippen molar-refractivity contribution in [3.63, 3.8) is 0 Å². The van der Waals surface area contributed by atoms with Gasteiger partial charge < -0.3 is 10.7 Å². The lowest BCUT2D eigenvalue weighted by atomic mass is 10.0. The lowest BCUT2D eigenvalue weighted by Gasteiger charge is -2.32. The molecule has 0 spiro atoms. The molecule has 3 aromatic rings. The summed E-state index contributed by atoms with van der Waals surface area (Å²) >= 11 is 7.33. The predicted molar refractivity (Wildman–Crippen MR) is 108 cm³/mol. The number of hydrogen-bond donors (Lipinski definition) is 2. The standard InChI is InChI=1S/C19H18ClN5OS/c1-11-3-5-13(6-4-11)16-17(27-19-23-22-12(2)25(19)24-16)18(26)21-15-9-7-14(20)8-10-15/h3-10,16-17,24H,1-2H3,(H,21,26)/t16-,17+/m0/s1. The van der Waals surface area contributed by atoms with Gasteiger partial charge in [-0.3, -0.25) is 4.79 Å². The average Bonchev–Trinajstić information content (AvgIpc) is 3.03. The third kappa shape index (κ3) is 3.65. The van der Waals surface area contributed by atoms with Gasteiger partial charge in [-0.15, -0.1) is 10.2 Å². The molecule has 2 N–H and O–H groups in total. The van der Waals surface area contributed by atoms with Crippen LogP contribution in [0.25, 0.3) is 0 Å². The fourth-order valence-electron chi connectivity index (χ4n) is 2.93. The molecule has 1 aliphatic rings. The highest BCUT2D eigenvalue weighted by Gasteiger charge is 2.37. The van der Waals surface area contributed by atoms with Crippen molar-refractivity contribution in [3.05, 3.63) is 70.5 Å². The number of nitrogens with one attached hydrogen (secondary N) is 2. The van der Waals surface area contributed by atoms with E-state index in [-0.39, 0.29) is 11.9 Å². The minimum atomic E-state index is -0.403. The first-order valence-corrected chi connectivity index (χ1v) is 9.75. The summed E-state index contributed by atoms with van der Waals surface area (Å²) in [6.45, 7) is 3.92. The van der Waals surface area contributed by atoms with Gasteiger partial charge in [-0.1, -0.05) is 53.2 Å². The Balaban J connectivity index is 1.65. The van der Waals surface area contributed by atoms with E-state index in [1.807, 2.05) is 42.8 Å². The molecule has 27 heavy (non-hydrogen) atoms. The molecular formula is C19H18ClN5OS. The van der Waals surface area contributed by atoms with Gasteiger partial charge in [0.15, 0.2) is 0 Å².